The Labute approximate surface area is 171 Å². The predicted octanol–water partition coefficient (Wildman–Crippen LogP) is 0.848. The van der Waals surface area contributed by atoms with Crippen LogP contribution >= 0.6 is 0 Å². The monoisotopic (exact) mass is 394 g/mol. The van der Waals surface area contributed by atoms with E-state index in [2.05, 4.69) is 31.2 Å². The van der Waals surface area contributed by atoms with Gasteiger partial charge in [0.25, 0.3) is 0 Å². The summed E-state index contributed by atoms with van der Waals surface area (Å²) in [4.78, 5) is 15.2. The largest absolute Gasteiger partial charge is 0.497 e. The summed E-state index contributed by atoms with van der Waals surface area (Å²) in [5.41, 5.74) is 4.12. The van der Waals surface area contributed by atoms with Crippen LogP contribution in [0.1, 0.15) is 23.6 Å². The Kier molecular flexibility index (Phi) is 5.97. The van der Waals surface area contributed by atoms with Crippen LogP contribution in [0.3, 0.4) is 0 Å². The molecular weight excluding hydrogens is 364 g/mol. The van der Waals surface area contributed by atoms with Gasteiger partial charge in [-0.1, -0.05) is 19.1 Å². The van der Waals surface area contributed by atoms with Crippen molar-refractivity contribution >= 4 is 11.0 Å². The van der Waals surface area contributed by atoms with Crippen LogP contribution < -0.4 is 20.2 Å². The summed E-state index contributed by atoms with van der Waals surface area (Å²) in [7, 11) is 1.70. The van der Waals surface area contributed by atoms with Crippen LogP contribution in [0.25, 0.3) is 11.0 Å². The Hall–Kier alpha value is -2.63. The summed E-state index contributed by atoms with van der Waals surface area (Å²) < 4.78 is 10.7. The molecule has 1 saturated heterocycles. The molecule has 5 heteroatoms. The van der Waals surface area contributed by atoms with E-state index in [4.69, 9.17) is 9.15 Å². The summed E-state index contributed by atoms with van der Waals surface area (Å²) in [6, 6.07) is 16.3. The predicted molar refractivity (Wildman–Crippen MR) is 114 cm³/mol. The Morgan fingerprint density at radius 2 is 1.55 bits per heavy atom. The number of nitrogens with one attached hydrogen (secondary N) is 2. The van der Waals surface area contributed by atoms with Gasteiger partial charge in [0.05, 0.1) is 7.11 Å². The third-order valence-corrected chi connectivity index (χ3v) is 6.02. The lowest BCUT2D eigenvalue weighted by Gasteiger charge is -2.30. The van der Waals surface area contributed by atoms with Crippen molar-refractivity contribution in [2.45, 2.75) is 26.4 Å². The van der Waals surface area contributed by atoms with Gasteiger partial charge in [-0.05, 0) is 42.3 Å². The number of benzene rings is 2. The van der Waals surface area contributed by atoms with Crippen molar-refractivity contribution < 1.29 is 19.0 Å². The summed E-state index contributed by atoms with van der Waals surface area (Å²) in [5, 5.41) is 1.07. The topological polar surface area (TPSA) is 48.3 Å². The standard InChI is InChI=1S/C24H28N2O3/c1-3-18-6-9-22-20(15-24(27)29-23(22)14-18)17-26-12-10-25(11-13-26)16-19-4-7-21(28-2)8-5-19/h4-9,14-15H,3,10-13,16-17H2,1-2H3/p+2. The molecule has 0 atom stereocenters. The van der Waals surface area contributed by atoms with Crippen molar-refractivity contribution in [2.75, 3.05) is 33.3 Å². The fraction of sp³-hybridized carbons (Fsp3) is 0.375. The molecule has 4 rings (SSSR count). The van der Waals surface area contributed by atoms with Crippen LogP contribution in [0.5, 0.6) is 5.75 Å². The van der Waals surface area contributed by atoms with E-state index >= 15 is 0 Å². The Balaban J connectivity index is 1.40. The average molecular weight is 395 g/mol. The molecule has 3 aromatic rings. The Morgan fingerprint density at radius 1 is 0.897 bits per heavy atom. The lowest BCUT2D eigenvalue weighted by molar-refractivity contribution is -1.02. The lowest BCUT2D eigenvalue weighted by Crippen LogP contribution is -3.27. The fourth-order valence-electron chi connectivity index (χ4n) is 4.25. The van der Waals surface area contributed by atoms with E-state index < -0.39 is 0 Å². The number of hydrogen-bond acceptors (Lipinski definition) is 3. The van der Waals surface area contributed by atoms with Crippen molar-refractivity contribution in [3.63, 3.8) is 0 Å². The van der Waals surface area contributed by atoms with Gasteiger partial charge in [-0.15, -0.1) is 0 Å². The van der Waals surface area contributed by atoms with Crippen molar-refractivity contribution in [3.8, 4) is 5.75 Å². The third-order valence-electron chi connectivity index (χ3n) is 6.02. The summed E-state index contributed by atoms with van der Waals surface area (Å²) >= 11 is 0. The number of rotatable bonds is 6. The smallest absolute Gasteiger partial charge is 0.336 e. The van der Waals surface area contributed by atoms with E-state index in [1.165, 1.54) is 16.0 Å². The van der Waals surface area contributed by atoms with Gasteiger partial charge in [0.1, 0.15) is 50.6 Å². The van der Waals surface area contributed by atoms with Crippen LogP contribution in [0.4, 0.5) is 0 Å². The zero-order chi connectivity index (χ0) is 20.2. The molecule has 0 radical (unpaired) electrons. The minimum absolute atomic E-state index is 0.246. The van der Waals surface area contributed by atoms with Gasteiger partial charge < -0.3 is 19.0 Å². The van der Waals surface area contributed by atoms with Crippen LogP contribution in [0.15, 0.2) is 57.7 Å². The second-order valence-electron chi connectivity index (χ2n) is 7.98. The van der Waals surface area contributed by atoms with E-state index in [0.29, 0.717) is 0 Å². The molecule has 0 unspecified atom stereocenters. The fourth-order valence-corrected chi connectivity index (χ4v) is 4.25. The Bertz CT molecular complexity index is 1020. The molecule has 29 heavy (non-hydrogen) atoms. The first kappa shape index (κ1) is 19.7. The highest BCUT2D eigenvalue weighted by molar-refractivity contribution is 5.80. The normalized spacial score (nSPS) is 19.4. The molecule has 152 valence electrons. The van der Waals surface area contributed by atoms with Crippen LogP contribution in [-0.4, -0.2) is 33.3 Å². The van der Waals surface area contributed by atoms with Crippen molar-refractivity contribution in [1.29, 1.82) is 0 Å². The summed E-state index contributed by atoms with van der Waals surface area (Å²) in [6.45, 7) is 8.54. The minimum atomic E-state index is -0.246. The molecule has 2 heterocycles. The molecule has 1 fully saturated rings. The number of hydrogen-bond donors (Lipinski definition) is 2. The molecule has 1 aliphatic heterocycles. The Morgan fingerprint density at radius 3 is 2.21 bits per heavy atom. The van der Waals surface area contributed by atoms with E-state index in [0.717, 1.165) is 68.0 Å². The van der Waals surface area contributed by atoms with E-state index in [9.17, 15) is 4.79 Å². The number of ether oxygens (including phenoxy) is 1. The highest BCUT2D eigenvalue weighted by Gasteiger charge is 2.24. The highest BCUT2D eigenvalue weighted by atomic mass is 16.5. The van der Waals surface area contributed by atoms with Crippen LogP contribution in [-0.2, 0) is 19.5 Å². The molecule has 5 nitrogen and oxygen atoms in total. The maximum absolute atomic E-state index is 12.1. The lowest BCUT2D eigenvalue weighted by atomic mass is 10.1. The second-order valence-corrected chi connectivity index (χ2v) is 7.98. The first-order valence-corrected chi connectivity index (χ1v) is 10.5. The van der Waals surface area contributed by atoms with E-state index in [-0.39, 0.29) is 5.63 Å². The molecule has 2 N–H and O–H groups in total. The van der Waals surface area contributed by atoms with Gasteiger partial charge in [-0.2, -0.15) is 0 Å². The van der Waals surface area contributed by atoms with Gasteiger partial charge in [-0.3, -0.25) is 0 Å². The highest BCUT2D eigenvalue weighted by Crippen LogP contribution is 2.18. The molecule has 1 aromatic heterocycles. The maximum Gasteiger partial charge on any atom is 0.336 e. The molecule has 0 amide bonds. The van der Waals surface area contributed by atoms with Gasteiger partial charge >= 0.3 is 5.63 Å². The zero-order valence-electron chi connectivity index (χ0n) is 17.3. The van der Waals surface area contributed by atoms with Gasteiger partial charge in [0.15, 0.2) is 0 Å². The zero-order valence-corrected chi connectivity index (χ0v) is 17.3. The van der Waals surface area contributed by atoms with E-state index in [1.54, 1.807) is 18.1 Å². The molecular formula is C24H30N2O3+2. The molecule has 0 saturated carbocycles. The van der Waals surface area contributed by atoms with E-state index in [1.807, 2.05) is 18.2 Å². The molecule has 0 aliphatic carbocycles. The molecule has 2 aromatic carbocycles. The second kappa shape index (κ2) is 8.80. The third kappa shape index (κ3) is 4.69. The molecule has 0 bridgehead atoms. The van der Waals surface area contributed by atoms with Crippen molar-refractivity contribution in [3.05, 3.63) is 75.6 Å². The molecule has 1 aliphatic rings. The first-order chi connectivity index (χ1) is 14.1. The minimum Gasteiger partial charge on any atom is -0.497 e. The van der Waals surface area contributed by atoms with Gasteiger partial charge in [0.2, 0.25) is 0 Å². The van der Waals surface area contributed by atoms with Crippen molar-refractivity contribution in [2.24, 2.45) is 0 Å². The van der Waals surface area contributed by atoms with Crippen LogP contribution in [0.2, 0.25) is 0 Å². The number of piperazine rings is 1. The van der Waals surface area contributed by atoms with Gasteiger partial charge in [0, 0.05) is 22.6 Å². The maximum atomic E-state index is 12.1. The molecule has 0 spiro atoms. The number of quaternary nitrogens is 2. The van der Waals surface area contributed by atoms with Gasteiger partial charge in [-0.25, -0.2) is 4.79 Å². The summed E-state index contributed by atoms with van der Waals surface area (Å²) in [6.07, 6.45) is 0.939. The first-order valence-electron chi connectivity index (χ1n) is 10.5. The van der Waals surface area contributed by atoms with Crippen molar-refractivity contribution in [1.82, 2.24) is 0 Å². The number of fused-ring (bicyclic) bond motifs is 1. The number of aryl methyl sites for hydroxylation is 1. The quantitative estimate of drug-likeness (QED) is 0.610. The summed E-state index contributed by atoms with van der Waals surface area (Å²) in [5.74, 6) is 0.906. The SMILES string of the molecule is CCc1ccc2c(C[NH+]3CC[NH+](Cc4ccc(OC)cc4)CC3)cc(=O)oc2c1. The van der Waals surface area contributed by atoms with Crippen LogP contribution in [0, 0.1) is 0 Å². The average Bonchev–Trinajstić information content (AvgIpc) is 2.75. The number of methoxy groups -OCH3 is 1.